The molecule has 1 aromatic heterocycles. The van der Waals surface area contributed by atoms with Crippen LogP contribution in [0.25, 0.3) is 0 Å². The van der Waals surface area contributed by atoms with Crippen molar-refractivity contribution in [1.29, 1.82) is 0 Å². The molecule has 0 saturated carbocycles. The van der Waals surface area contributed by atoms with Gasteiger partial charge in [0.05, 0.1) is 5.69 Å². The van der Waals surface area contributed by atoms with Crippen LogP contribution in [-0.2, 0) is 6.42 Å². The van der Waals surface area contributed by atoms with Crippen LogP contribution in [0.15, 0.2) is 18.5 Å². The largest absolute Gasteiger partial charge is 0.384 e. The zero-order valence-electron chi connectivity index (χ0n) is 7.80. The average molecular weight is 164 g/mol. The molecule has 66 valence electrons. The highest BCUT2D eigenvalue weighted by Crippen LogP contribution is 2.08. The summed E-state index contributed by atoms with van der Waals surface area (Å²) < 4.78 is 0. The van der Waals surface area contributed by atoms with Crippen molar-refractivity contribution in [2.75, 3.05) is 11.9 Å². The number of rotatable bonds is 4. The number of hydrogen-bond donors (Lipinski definition) is 1. The lowest BCUT2D eigenvalue weighted by atomic mass is 10.2. The zero-order valence-corrected chi connectivity index (χ0v) is 7.80. The minimum Gasteiger partial charge on any atom is -0.384 e. The molecule has 1 heterocycles. The highest BCUT2D eigenvalue weighted by atomic mass is 14.9. The lowest BCUT2D eigenvalue weighted by molar-refractivity contribution is 0.974. The standard InChI is InChI=1S/C10H16N2/c1-3-5-12-10-6-9(4-2)7-11-8-10/h6-8,12H,3-5H2,1-2H3. The lowest BCUT2D eigenvalue weighted by Crippen LogP contribution is -2.00. The van der Waals surface area contributed by atoms with Gasteiger partial charge in [0.2, 0.25) is 0 Å². The molecule has 0 bridgehead atoms. The Morgan fingerprint density at radius 1 is 1.33 bits per heavy atom. The van der Waals surface area contributed by atoms with E-state index in [9.17, 15) is 0 Å². The molecule has 1 N–H and O–H groups in total. The molecule has 2 nitrogen and oxygen atoms in total. The Balaban J connectivity index is 2.60. The Kier molecular flexibility index (Phi) is 3.58. The van der Waals surface area contributed by atoms with Crippen molar-refractivity contribution < 1.29 is 0 Å². The van der Waals surface area contributed by atoms with Crippen molar-refractivity contribution >= 4 is 5.69 Å². The van der Waals surface area contributed by atoms with Gasteiger partial charge in [-0.3, -0.25) is 4.98 Å². The topological polar surface area (TPSA) is 24.9 Å². The number of anilines is 1. The molecule has 12 heavy (non-hydrogen) atoms. The molecule has 0 unspecified atom stereocenters. The van der Waals surface area contributed by atoms with Gasteiger partial charge >= 0.3 is 0 Å². The van der Waals surface area contributed by atoms with Gasteiger partial charge in [0.15, 0.2) is 0 Å². The van der Waals surface area contributed by atoms with Gasteiger partial charge in [-0.1, -0.05) is 13.8 Å². The lowest BCUT2D eigenvalue weighted by Gasteiger charge is -2.04. The second-order valence-corrected chi connectivity index (χ2v) is 2.86. The van der Waals surface area contributed by atoms with Gasteiger partial charge in [0, 0.05) is 18.9 Å². The Labute approximate surface area is 74.0 Å². The van der Waals surface area contributed by atoms with Gasteiger partial charge in [-0.05, 0) is 24.5 Å². The average Bonchev–Trinajstić information content (AvgIpc) is 2.15. The van der Waals surface area contributed by atoms with Gasteiger partial charge in [-0.15, -0.1) is 0 Å². The van der Waals surface area contributed by atoms with Crippen LogP contribution in [0.5, 0.6) is 0 Å². The van der Waals surface area contributed by atoms with Crippen molar-refractivity contribution in [3.8, 4) is 0 Å². The molecule has 0 atom stereocenters. The molecule has 0 aliphatic heterocycles. The second-order valence-electron chi connectivity index (χ2n) is 2.86. The first-order valence-electron chi connectivity index (χ1n) is 4.54. The molecule has 0 radical (unpaired) electrons. The highest BCUT2D eigenvalue weighted by molar-refractivity contribution is 5.42. The molecule has 0 spiro atoms. The summed E-state index contributed by atoms with van der Waals surface area (Å²) in [5.74, 6) is 0. The van der Waals surface area contributed by atoms with Crippen LogP contribution in [0.4, 0.5) is 5.69 Å². The normalized spacial score (nSPS) is 9.83. The summed E-state index contributed by atoms with van der Waals surface area (Å²) in [6.45, 7) is 5.32. The fourth-order valence-corrected chi connectivity index (χ4v) is 1.05. The van der Waals surface area contributed by atoms with E-state index in [1.54, 1.807) is 0 Å². The van der Waals surface area contributed by atoms with Gasteiger partial charge in [0.25, 0.3) is 0 Å². The highest BCUT2D eigenvalue weighted by Gasteiger charge is 1.92. The van der Waals surface area contributed by atoms with Crippen LogP contribution in [0.1, 0.15) is 25.8 Å². The number of aromatic nitrogens is 1. The van der Waals surface area contributed by atoms with Crippen molar-refractivity contribution in [1.82, 2.24) is 4.98 Å². The first-order valence-corrected chi connectivity index (χ1v) is 4.54. The monoisotopic (exact) mass is 164 g/mol. The predicted octanol–water partition coefficient (Wildman–Crippen LogP) is 2.47. The molecule has 0 aliphatic rings. The third-order valence-electron chi connectivity index (χ3n) is 1.78. The molecule has 0 saturated heterocycles. The minimum atomic E-state index is 1.02. The summed E-state index contributed by atoms with van der Waals surface area (Å²) in [4.78, 5) is 4.15. The van der Waals surface area contributed by atoms with Crippen LogP contribution >= 0.6 is 0 Å². The quantitative estimate of drug-likeness (QED) is 0.739. The Morgan fingerprint density at radius 3 is 2.83 bits per heavy atom. The molecule has 1 rings (SSSR count). The number of nitrogens with one attached hydrogen (secondary N) is 1. The Bertz CT molecular complexity index is 233. The first kappa shape index (κ1) is 9.04. The SMILES string of the molecule is CCCNc1cncc(CC)c1. The van der Waals surface area contributed by atoms with E-state index in [1.807, 2.05) is 12.4 Å². The van der Waals surface area contributed by atoms with Crippen molar-refractivity contribution in [3.05, 3.63) is 24.0 Å². The van der Waals surface area contributed by atoms with Crippen molar-refractivity contribution in [3.63, 3.8) is 0 Å². The Hall–Kier alpha value is -1.05. The van der Waals surface area contributed by atoms with Crippen LogP contribution in [0.3, 0.4) is 0 Å². The second kappa shape index (κ2) is 4.75. The van der Waals surface area contributed by atoms with E-state index < -0.39 is 0 Å². The van der Waals surface area contributed by atoms with Crippen LogP contribution in [0, 0.1) is 0 Å². The molecule has 0 fully saturated rings. The fourth-order valence-electron chi connectivity index (χ4n) is 1.05. The maximum atomic E-state index is 4.15. The van der Waals surface area contributed by atoms with E-state index in [1.165, 1.54) is 5.56 Å². The van der Waals surface area contributed by atoms with E-state index in [0.29, 0.717) is 0 Å². The molecule has 2 heteroatoms. The van der Waals surface area contributed by atoms with Crippen LogP contribution < -0.4 is 5.32 Å². The first-order chi connectivity index (χ1) is 5.86. The zero-order chi connectivity index (χ0) is 8.81. The van der Waals surface area contributed by atoms with E-state index in [2.05, 4.69) is 30.2 Å². The van der Waals surface area contributed by atoms with Crippen molar-refractivity contribution in [2.45, 2.75) is 26.7 Å². The van der Waals surface area contributed by atoms with Gasteiger partial charge in [-0.2, -0.15) is 0 Å². The predicted molar refractivity (Wildman–Crippen MR) is 52.4 cm³/mol. The van der Waals surface area contributed by atoms with Crippen LogP contribution in [-0.4, -0.2) is 11.5 Å². The van der Waals surface area contributed by atoms with E-state index >= 15 is 0 Å². The number of nitrogens with zero attached hydrogens (tertiary/aromatic N) is 1. The summed E-state index contributed by atoms with van der Waals surface area (Å²) in [6.07, 6.45) is 5.98. The maximum absolute atomic E-state index is 4.15. The fraction of sp³-hybridized carbons (Fsp3) is 0.500. The molecule has 0 aliphatic carbocycles. The Morgan fingerprint density at radius 2 is 2.17 bits per heavy atom. The van der Waals surface area contributed by atoms with Gasteiger partial charge < -0.3 is 5.32 Å². The molecular weight excluding hydrogens is 148 g/mol. The minimum absolute atomic E-state index is 1.02. The van der Waals surface area contributed by atoms with Crippen LogP contribution in [0.2, 0.25) is 0 Å². The van der Waals surface area contributed by atoms with E-state index in [0.717, 1.165) is 25.1 Å². The van der Waals surface area contributed by atoms with Gasteiger partial charge in [0.1, 0.15) is 0 Å². The van der Waals surface area contributed by atoms with E-state index in [4.69, 9.17) is 0 Å². The van der Waals surface area contributed by atoms with Crippen molar-refractivity contribution in [2.24, 2.45) is 0 Å². The maximum Gasteiger partial charge on any atom is 0.0529 e. The number of hydrogen-bond acceptors (Lipinski definition) is 2. The summed E-state index contributed by atoms with van der Waals surface area (Å²) in [6, 6.07) is 2.16. The third-order valence-corrected chi connectivity index (χ3v) is 1.78. The summed E-state index contributed by atoms with van der Waals surface area (Å²) in [5, 5.41) is 3.31. The summed E-state index contributed by atoms with van der Waals surface area (Å²) >= 11 is 0. The molecule has 0 aromatic carbocycles. The smallest absolute Gasteiger partial charge is 0.0529 e. The third kappa shape index (κ3) is 2.53. The van der Waals surface area contributed by atoms with E-state index in [-0.39, 0.29) is 0 Å². The number of pyridine rings is 1. The molecular formula is C10H16N2. The molecule has 0 amide bonds. The van der Waals surface area contributed by atoms with Gasteiger partial charge in [-0.25, -0.2) is 0 Å². The summed E-state index contributed by atoms with van der Waals surface area (Å²) in [7, 11) is 0. The summed E-state index contributed by atoms with van der Waals surface area (Å²) in [5.41, 5.74) is 2.42. The molecule has 1 aromatic rings. The number of aryl methyl sites for hydroxylation is 1.